The first kappa shape index (κ1) is 13.4. The van der Waals surface area contributed by atoms with Crippen LogP contribution in [-0.4, -0.2) is 18.6 Å². The highest BCUT2D eigenvalue weighted by molar-refractivity contribution is 9.10. The lowest BCUT2D eigenvalue weighted by molar-refractivity contribution is 0.0913. The van der Waals surface area contributed by atoms with E-state index in [1.807, 2.05) is 25.1 Å². The molecule has 0 aromatic heterocycles. The van der Waals surface area contributed by atoms with Crippen LogP contribution in [0.4, 0.5) is 0 Å². The third kappa shape index (κ3) is 3.25. The van der Waals surface area contributed by atoms with Gasteiger partial charge in [0.1, 0.15) is 5.75 Å². The number of halogens is 1. The SMILES string of the molecule is CCCOc1cc(Br)ccc1C(=O)NC1CCC1. The molecule has 0 atom stereocenters. The largest absolute Gasteiger partial charge is 0.493 e. The Morgan fingerprint density at radius 3 is 2.89 bits per heavy atom. The van der Waals surface area contributed by atoms with Crippen molar-refractivity contribution in [1.82, 2.24) is 5.32 Å². The highest BCUT2D eigenvalue weighted by Gasteiger charge is 2.21. The predicted molar refractivity (Wildman–Crippen MR) is 75.0 cm³/mol. The molecule has 98 valence electrons. The van der Waals surface area contributed by atoms with Crippen LogP contribution in [0, 0.1) is 0 Å². The van der Waals surface area contributed by atoms with Crippen LogP contribution < -0.4 is 10.1 Å². The molecule has 4 heteroatoms. The van der Waals surface area contributed by atoms with Gasteiger partial charge in [-0.2, -0.15) is 0 Å². The van der Waals surface area contributed by atoms with E-state index in [0.29, 0.717) is 24.0 Å². The quantitative estimate of drug-likeness (QED) is 0.903. The Morgan fingerprint density at radius 1 is 1.50 bits per heavy atom. The number of rotatable bonds is 5. The summed E-state index contributed by atoms with van der Waals surface area (Å²) in [5.74, 6) is 0.626. The molecule has 0 saturated heterocycles. The zero-order valence-corrected chi connectivity index (χ0v) is 12.1. The zero-order chi connectivity index (χ0) is 13.0. The summed E-state index contributed by atoms with van der Waals surface area (Å²) in [6, 6.07) is 5.88. The van der Waals surface area contributed by atoms with Crippen LogP contribution in [0.15, 0.2) is 22.7 Å². The first-order valence-corrected chi connectivity index (χ1v) is 7.23. The fourth-order valence-corrected chi connectivity index (χ4v) is 2.17. The van der Waals surface area contributed by atoms with Gasteiger partial charge in [0, 0.05) is 10.5 Å². The lowest BCUT2D eigenvalue weighted by Crippen LogP contribution is -2.39. The van der Waals surface area contributed by atoms with Gasteiger partial charge in [-0.25, -0.2) is 0 Å². The van der Waals surface area contributed by atoms with Crippen molar-refractivity contribution in [2.45, 2.75) is 38.6 Å². The fourth-order valence-electron chi connectivity index (χ4n) is 1.83. The topological polar surface area (TPSA) is 38.3 Å². The molecule has 0 spiro atoms. The van der Waals surface area contributed by atoms with Gasteiger partial charge in [0.15, 0.2) is 0 Å². The summed E-state index contributed by atoms with van der Waals surface area (Å²) in [7, 11) is 0. The van der Waals surface area contributed by atoms with Gasteiger partial charge < -0.3 is 10.1 Å². The van der Waals surface area contributed by atoms with E-state index in [4.69, 9.17) is 4.74 Å². The molecule has 18 heavy (non-hydrogen) atoms. The third-order valence-corrected chi connectivity index (χ3v) is 3.58. The molecule has 2 rings (SSSR count). The Hall–Kier alpha value is -1.03. The van der Waals surface area contributed by atoms with Gasteiger partial charge in [0.25, 0.3) is 5.91 Å². The number of hydrogen-bond donors (Lipinski definition) is 1. The van der Waals surface area contributed by atoms with E-state index < -0.39 is 0 Å². The highest BCUT2D eigenvalue weighted by Crippen LogP contribution is 2.25. The number of nitrogens with one attached hydrogen (secondary N) is 1. The summed E-state index contributed by atoms with van der Waals surface area (Å²) >= 11 is 3.40. The number of ether oxygens (including phenoxy) is 1. The van der Waals surface area contributed by atoms with E-state index in [0.717, 1.165) is 23.7 Å². The van der Waals surface area contributed by atoms with E-state index in [1.165, 1.54) is 6.42 Å². The highest BCUT2D eigenvalue weighted by atomic mass is 79.9. The van der Waals surface area contributed by atoms with E-state index in [9.17, 15) is 4.79 Å². The zero-order valence-electron chi connectivity index (χ0n) is 10.5. The van der Waals surface area contributed by atoms with Gasteiger partial charge >= 0.3 is 0 Å². The smallest absolute Gasteiger partial charge is 0.255 e. The molecule has 0 unspecified atom stereocenters. The maximum absolute atomic E-state index is 12.1. The first-order valence-electron chi connectivity index (χ1n) is 6.44. The molecular weight excluding hydrogens is 294 g/mol. The molecule has 1 aromatic carbocycles. The second-order valence-electron chi connectivity index (χ2n) is 4.59. The minimum atomic E-state index is -0.0293. The van der Waals surface area contributed by atoms with Crippen LogP contribution in [0.3, 0.4) is 0 Å². The number of benzene rings is 1. The second-order valence-corrected chi connectivity index (χ2v) is 5.51. The molecule has 1 aliphatic rings. The lowest BCUT2D eigenvalue weighted by atomic mass is 9.93. The molecule has 0 radical (unpaired) electrons. The van der Waals surface area contributed by atoms with Crippen molar-refractivity contribution >= 4 is 21.8 Å². The standard InChI is InChI=1S/C14H18BrNO2/c1-2-8-18-13-9-10(15)6-7-12(13)14(17)16-11-4-3-5-11/h6-7,9,11H,2-5,8H2,1H3,(H,16,17). The Balaban J connectivity index is 2.11. The first-order chi connectivity index (χ1) is 8.70. The van der Waals surface area contributed by atoms with Crippen LogP contribution in [0.25, 0.3) is 0 Å². The van der Waals surface area contributed by atoms with Crippen molar-refractivity contribution in [2.24, 2.45) is 0 Å². The number of amides is 1. The summed E-state index contributed by atoms with van der Waals surface area (Å²) in [6.45, 7) is 2.67. The molecule has 3 nitrogen and oxygen atoms in total. The Morgan fingerprint density at radius 2 is 2.28 bits per heavy atom. The summed E-state index contributed by atoms with van der Waals surface area (Å²) in [5.41, 5.74) is 0.624. The van der Waals surface area contributed by atoms with Crippen molar-refractivity contribution in [2.75, 3.05) is 6.61 Å². The minimum absolute atomic E-state index is 0.0293. The summed E-state index contributed by atoms with van der Waals surface area (Å²) < 4.78 is 6.56. The van der Waals surface area contributed by atoms with Gasteiger partial charge in [-0.3, -0.25) is 4.79 Å². The molecule has 0 bridgehead atoms. The van der Waals surface area contributed by atoms with Crippen LogP contribution in [0.2, 0.25) is 0 Å². The van der Waals surface area contributed by atoms with E-state index in [-0.39, 0.29) is 5.91 Å². The van der Waals surface area contributed by atoms with Gasteiger partial charge in [-0.1, -0.05) is 22.9 Å². The van der Waals surface area contributed by atoms with Gasteiger partial charge in [-0.05, 0) is 43.9 Å². The molecule has 0 heterocycles. The van der Waals surface area contributed by atoms with Crippen LogP contribution in [0.1, 0.15) is 43.0 Å². The lowest BCUT2D eigenvalue weighted by Gasteiger charge is -2.26. The van der Waals surface area contributed by atoms with Gasteiger partial charge in [0.2, 0.25) is 0 Å². The van der Waals surface area contributed by atoms with E-state index >= 15 is 0 Å². The molecule has 1 aromatic rings. The van der Waals surface area contributed by atoms with Crippen LogP contribution >= 0.6 is 15.9 Å². The summed E-state index contributed by atoms with van der Waals surface area (Å²) in [4.78, 5) is 12.1. The van der Waals surface area contributed by atoms with Gasteiger partial charge in [-0.15, -0.1) is 0 Å². The maximum atomic E-state index is 12.1. The number of carbonyl (C=O) groups excluding carboxylic acids is 1. The van der Waals surface area contributed by atoms with Crippen molar-refractivity contribution in [3.05, 3.63) is 28.2 Å². The van der Waals surface area contributed by atoms with Crippen molar-refractivity contribution in [3.8, 4) is 5.75 Å². The van der Waals surface area contributed by atoms with Crippen LogP contribution in [-0.2, 0) is 0 Å². The number of hydrogen-bond acceptors (Lipinski definition) is 2. The molecule has 0 aliphatic heterocycles. The monoisotopic (exact) mass is 311 g/mol. The normalized spacial score (nSPS) is 15.0. The average molecular weight is 312 g/mol. The Labute approximate surface area is 116 Å². The molecular formula is C14H18BrNO2. The summed E-state index contributed by atoms with van der Waals surface area (Å²) in [6.07, 6.45) is 4.32. The second kappa shape index (κ2) is 6.23. The Kier molecular flexibility index (Phi) is 4.64. The predicted octanol–water partition coefficient (Wildman–Crippen LogP) is 3.52. The van der Waals surface area contributed by atoms with Crippen molar-refractivity contribution in [1.29, 1.82) is 0 Å². The average Bonchev–Trinajstić information content (AvgIpc) is 2.31. The van der Waals surface area contributed by atoms with E-state index in [1.54, 1.807) is 0 Å². The molecule has 1 amide bonds. The Bertz CT molecular complexity index is 430. The fraction of sp³-hybridized carbons (Fsp3) is 0.500. The van der Waals surface area contributed by atoms with Crippen molar-refractivity contribution in [3.63, 3.8) is 0 Å². The molecule has 1 N–H and O–H groups in total. The molecule has 1 aliphatic carbocycles. The van der Waals surface area contributed by atoms with Crippen LogP contribution in [0.5, 0.6) is 5.75 Å². The minimum Gasteiger partial charge on any atom is -0.493 e. The molecule has 1 fully saturated rings. The maximum Gasteiger partial charge on any atom is 0.255 e. The third-order valence-electron chi connectivity index (χ3n) is 3.09. The molecule has 1 saturated carbocycles. The van der Waals surface area contributed by atoms with Crippen molar-refractivity contribution < 1.29 is 9.53 Å². The summed E-state index contributed by atoms with van der Waals surface area (Å²) in [5, 5.41) is 3.03. The number of carbonyl (C=O) groups is 1. The van der Waals surface area contributed by atoms with E-state index in [2.05, 4.69) is 21.2 Å². The van der Waals surface area contributed by atoms with Gasteiger partial charge in [0.05, 0.1) is 12.2 Å².